The van der Waals surface area contributed by atoms with Gasteiger partial charge in [-0.1, -0.05) is 48.6 Å². The molecule has 4 rings (SSSR count). The minimum Gasteiger partial charge on any atom is -0.261 e. The number of fused-ring (bicyclic) bond motifs is 1. The Morgan fingerprint density at radius 1 is 0.875 bits per heavy atom. The van der Waals surface area contributed by atoms with Crippen molar-refractivity contribution in [2.24, 2.45) is 0 Å². The second-order valence-electron chi connectivity index (χ2n) is 6.18. The van der Waals surface area contributed by atoms with Crippen LogP contribution in [0.3, 0.4) is 0 Å². The number of hydrogen-bond acceptors (Lipinski definition) is 1. The molecule has 24 heavy (non-hydrogen) atoms. The van der Waals surface area contributed by atoms with E-state index in [-0.39, 0.29) is 5.82 Å². The molecule has 0 atom stereocenters. The van der Waals surface area contributed by atoms with Gasteiger partial charge in [-0.15, -0.1) is 0 Å². The van der Waals surface area contributed by atoms with E-state index in [1.54, 1.807) is 0 Å². The van der Waals surface area contributed by atoms with E-state index < -0.39 is 0 Å². The highest BCUT2D eigenvalue weighted by Crippen LogP contribution is 2.26. The standard InChI is InChI=1S/C22H18FN/c23-21-10-4-16(5-11-21)6-12-22-13-9-20(15-24-22)19-8-7-17-2-1-3-18(17)14-19/h1-2,4-5,7-11,13-15H,3,6,12H2. The van der Waals surface area contributed by atoms with E-state index in [2.05, 4.69) is 47.5 Å². The summed E-state index contributed by atoms with van der Waals surface area (Å²) in [5, 5.41) is 0. The molecule has 2 heteroatoms. The van der Waals surface area contributed by atoms with Crippen LogP contribution in [0.5, 0.6) is 0 Å². The SMILES string of the molecule is Fc1ccc(CCc2ccc(-c3ccc4c(c3)CC=C4)cn2)cc1. The number of nitrogens with zero attached hydrogens (tertiary/aromatic N) is 1. The molecule has 0 amide bonds. The first kappa shape index (κ1) is 14.8. The van der Waals surface area contributed by atoms with Crippen molar-refractivity contribution in [1.29, 1.82) is 0 Å². The Bertz CT molecular complexity index is 877. The summed E-state index contributed by atoms with van der Waals surface area (Å²) in [6.45, 7) is 0. The molecule has 1 aliphatic carbocycles. The van der Waals surface area contributed by atoms with Crippen LogP contribution in [-0.4, -0.2) is 4.98 Å². The molecule has 118 valence electrons. The number of halogens is 1. The van der Waals surface area contributed by atoms with Gasteiger partial charge in [0.05, 0.1) is 0 Å². The van der Waals surface area contributed by atoms with Crippen LogP contribution in [0.1, 0.15) is 22.4 Å². The Morgan fingerprint density at radius 3 is 2.50 bits per heavy atom. The number of benzene rings is 2. The van der Waals surface area contributed by atoms with Gasteiger partial charge in [-0.25, -0.2) is 4.39 Å². The van der Waals surface area contributed by atoms with Gasteiger partial charge in [0.2, 0.25) is 0 Å². The maximum absolute atomic E-state index is 12.9. The molecule has 0 saturated heterocycles. The number of hydrogen-bond donors (Lipinski definition) is 0. The third-order valence-corrected chi connectivity index (χ3v) is 4.52. The fraction of sp³-hybridized carbons (Fsp3) is 0.136. The Morgan fingerprint density at radius 2 is 1.71 bits per heavy atom. The summed E-state index contributed by atoms with van der Waals surface area (Å²) in [6, 6.07) is 17.5. The summed E-state index contributed by atoms with van der Waals surface area (Å²) < 4.78 is 12.9. The molecule has 1 aromatic heterocycles. The molecule has 1 aliphatic rings. The van der Waals surface area contributed by atoms with Crippen molar-refractivity contribution in [3.8, 4) is 11.1 Å². The monoisotopic (exact) mass is 315 g/mol. The maximum Gasteiger partial charge on any atom is 0.123 e. The molecule has 0 saturated carbocycles. The number of aryl methyl sites for hydroxylation is 2. The van der Waals surface area contributed by atoms with Crippen molar-refractivity contribution in [2.75, 3.05) is 0 Å². The minimum absolute atomic E-state index is 0.189. The average Bonchev–Trinajstić information content (AvgIpc) is 3.09. The van der Waals surface area contributed by atoms with E-state index in [0.29, 0.717) is 0 Å². The zero-order valence-electron chi connectivity index (χ0n) is 13.4. The topological polar surface area (TPSA) is 12.9 Å². The first-order chi connectivity index (χ1) is 11.8. The smallest absolute Gasteiger partial charge is 0.123 e. The highest BCUT2D eigenvalue weighted by molar-refractivity contribution is 5.69. The molecular formula is C22H18FN. The van der Waals surface area contributed by atoms with Crippen LogP contribution >= 0.6 is 0 Å². The summed E-state index contributed by atoms with van der Waals surface area (Å²) in [5.41, 5.74) is 7.26. The van der Waals surface area contributed by atoms with E-state index in [9.17, 15) is 4.39 Å². The van der Waals surface area contributed by atoms with Crippen molar-refractivity contribution >= 4 is 6.08 Å². The van der Waals surface area contributed by atoms with Crippen molar-refractivity contribution in [3.63, 3.8) is 0 Å². The van der Waals surface area contributed by atoms with E-state index in [1.165, 1.54) is 28.8 Å². The molecule has 0 N–H and O–H groups in total. The Balaban J connectivity index is 1.45. The minimum atomic E-state index is -0.189. The van der Waals surface area contributed by atoms with Crippen molar-refractivity contribution < 1.29 is 4.39 Å². The number of aromatic nitrogens is 1. The molecule has 1 nitrogen and oxygen atoms in total. The van der Waals surface area contributed by atoms with Gasteiger partial charge in [0.15, 0.2) is 0 Å². The summed E-state index contributed by atoms with van der Waals surface area (Å²) >= 11 is 0. The molecule has 0 aliphatic heterocycles. The van der Waals surface area contributed by atoms with E-state index in [1.807, 2.05) is 18.3 Å². The molecule has 0 unspecified atom stereocenters. The third-order valence-electron chi connectivity index (χ3n) is 4.52. The predicted octanol–water partition coefficient (Wildman–Crippen LogP) is 5.24. The summed E-state index contributed by atoms with van der Waals surface area (Å²) in [4.78, 5) is 4.59. The van der Waals surface area contributed by atoms with Crippen molar-refractivity contribution in [2.45, 2.75) is 19.3 Å². The van der Waals surface area contributed by atoms with Crippen LogP contribution in [0.15, 0.2) is 66.9 Å². The fourth-order valence-corrected chi connectivity index (χ4v) is 3.10. The van der Waals surface area contributed by atoms with Gasteiger partial charge in [0.1, 0.15) is 5.82 Å². The van der Waals surface area contributed by atoms with Crippen LogP contribution in [0.2, 0.25) is 0 Å². The Kier molecular flexibility index (Phi) is 3.96. The van der Waals surface area contributed by atoms with E-state index >= 15 is 0 Å². The van der Waals surface area contributed by atoms with Gasteiger partial charge in [-0.05, 0) is 59.7 Å². The number of pyridine rings is 1. The molecule has 3 aromatic rings. The molecule has 0 fully saturated rings. The maximum atomic E-state index is 12.9. The van der Waals surface area contributed by atoms with Crippen LogP contribution in [0.25, 0.3) is 17.2 Å². The lowest BCUT2D eigenvalue weighted by Gasteiger charge is -2.07. The summed E-state index contributed by atoms with van der Waals surface area (Å²) in [5.74, 6) is -0.189. The summed E-state index contributed by atoms with van der Waals surface area (Å²) in [6.07, 6.45) is 9.08. The lowest BCUT2D eigenvalue weighted by molar-refractivity contribution is 0.627. The summed E-state index contributed by atoms with van der Waals surface area (Å²) in [7, 11) is 0. The van der Waals surface area contributed by atoms with Gasteiger partial charge in [0, 0.05) is 17.5 Å². The first-order valence-electron chi connectivity index (χ1n) is 8.27. The number of allylic oxidation sites excluding steroid dienone is 1. The zero-order chi connectivity index (χ0) is 16.4. The zero-order valence-corrected chi connectivity index (χ0v) is 13.4. The van der Waals surface area contributed by atoms with Crippen LogP contribution in [0, 0.1) is 5.82 Å². The van der Waals surface area contributed by atoms with Crippen molar-refractivity contribution in [1.82, 2.24) is 4.98 Å². The number of rotatable bonds is 4. The van der Waals surface area contributed by atoms with Crippen LogP contribution in [0.4, 0.5) is 4.39 Å². The van der Waals surface area contributed by atoms with Gasteiger partial charge in [-0.3, -0.25) is 4.98 Å². The Labute approximate surface area is 141 Å². The highest BCUT2D eigenvalue weighted by atomic mass is 19.1. The second-order valence-corrected chi connectivity index (χ2v) is 6.18. The van der Waals surface area contributed by atoms with E-state index in [4.69, 9.17) is 0 Å². The first-order valence-corrected chi connectivity index (χ1v) is 8.27. The van der Waals surface area contributed by atoms with E-state index in [0.717, 1.165) is 36.1 Å². The van der Waals surface area contributed by atoms with Gasteiger partial charge in [-0.2, -0.15) is 0 Å². The molecule has 0 bridgehead atoms. The average molecular weight is 315 g/mol. The van der Waals surface area contributed by atoms with Crippen molar-refractivity contribution in [3.05, 3.63) is 95.1 Å². The molecular weight excluding hydrogens is 297 g/mol. The lowest BCUT2D eigenvalue weighted by Crippen LogP contribution is -1.95. The molecule has 0 radical (unpaired) electrons. The lowest BCUT2D eigenvalue weighted by atomic mass is 10.0. The largest absolute Gasteiger partial charge is 0.261 e. The predicted molar refractivity (Wildman–Crippen MR) is 96.2 cm³/mol. The molecule has 0 spiro atoms. The molecule has 2 aromatic carbocycles. The molecule has 1 heterocycles. The fourth-order valence-electron chi connectivity index (χ4n) is 3.10. The van der Waals surface area contributed by atoms with Gasteiger partial charge in [0.25, 0.3) is 0 Å². The van der Waals surface area contributed by atoms with Gasteiger partial charge < -0.3 is 0 Å². The highest BCUT2D eigenvalue weighted by Gasteiger charge is 2.07. The normalized spacial score (nSPS) is 12.4. The third kappa shape index (κ3) is 3.13. The van der Waals surface area contributed by atoms with Gasteiger partial charge >= 0.3 is 0 Å². The second kappa shape index (κ2) is 6.40. The quantitative estimate of drug-likeness (QED) is 0.641. The Hall–Kier alpha value is -2.74. The van der Waals surface area contributed by atoms with Crippen LogP contribution in [-0.2, 0) is 19.3 Å². The van der Waals surface area contributed by atoms with Crippen LogP contribution < -0.4 is 0 Å².